The van der Waals surface area contributed by atoms with E-state index in [2.05, 4.69) is 44.8 Å². The van der Waals surface area contributed by atoms with Gasteiger partial charge < -0.3 is 19.7 Å². The number of nitrogens with one attached hydrogen (secondary N) is 1. The van der Waals surface area contributed by atoms with Gasteiger partial charge in [0.25, 0.3) is 5.91 Å². The molecule has 0 saturated carbocycles. The van der Waals surface area contributed by atoms with Crippen molar-refractivity contribution in [3.8, 4) is 11.5 Å². The van der Waals surface area contributed by atoms with Crippen molar-refractivity contribution in [3.05, 3.63) is 75.6 Å². The van der Waals surface area contributed by atoms with Crippen LogP contribution in [-0.2, 0) is 14.4 Å². The second-order valence-corrected chi connectivity index (χ2v) is 13.8. The number of Topliss-reactive ketones (excluding diaryl/α,β-unsaturated/α-hetero) is 2. The Labute approximate surface area is 259 Å². The number of anilines is 1. The number of halogens is 1. The molecule has 3 aliphatic rings. The lowest BCUT2D eigenvalue weighted by Gasteiger charge is -2.49. The number of methoxy groups -OCH3 is 1. The van der Waals surface area contributed by atoms with Crippen LogP contribution in [0.1, 0.15) is 78.2 Å². The normalized spacial score (nSPS) is 19.7. The zero-order valence-electron chi connectivity index (χ0n) is 25.9. The first-order valence-electron chi connectivity index (χ1n) is 15.0. The molecule has 228 valence electrons. The molecule has 1 N–H and O–H groups in total. The predicted molar refractivity (Wildman–Crippen MR) is 168 cm³/mol. The molecule has 0 radical (unpaired) electrons. The van der Waals surface area contributed by atoms with E-state index in [1.54, 1.807) is 30.3 Å². The van der Waals surface area contributed by atoms with E-state index in [-0.39, 0.29) is 34.9 Å². The molecule has 0 atom stereocenters. The lowest BCUT2D eigenvalue weighted by Crippen LogP contribution is -2.44. The van der Waals surface area contributed by atoms with Gasteiger partial charge in [0, 0.05) is 47.8 Å². The van der Waals surface area contributed by atoms with Gasteiger partial charge in [-0.3, -0.25) is 14.4 Å². The molecule has 0 fully saturated rings. The molecule has 43 heavy (non-hydrogen) atoms. The molecule has 0 bridgehead atoms. The molecule has 7 nitrogen and oxygen atoms in total. The van der Waals surface area contributed by atoms with E-state index in [1.807, 2.05) is 12.1 Å². The monoisotopic (exact) mass is 604 g/mol. The number of ether oxygens (including phenoxy) is 2. The van der Waals surface area contributed by atoms with E-state index in [0.717, 1.165) is 53.9 Å². The van der Waals surface area contributed by atoms with Crippen LogP contribution in [0.4, 0.5) is 5.69 Å². The zero-order chi connectivity index (χ0) is 31.1. The van der Waals surface area contributed by atoms with Crippen molar-refractivity contribution in [3.63, 3.8) is 0 Å². The first kappa shape index (κ1) is 30.9. The van der Waals surface area contributed by atoms with E-state index in [1.165, 1.54) is 7.11 Å². The number of amides is 1. The second-order valence-electron chi connectivity index (χ2n) is 13.4. The molecule has 0 aromatic heterocycles. The summed E-state index contributed by atoms with van der Waals surface area (Å²) >= 11 is 6.17. The van der Waals surface area contributed by atoms with Gasteiger partial charge in [0.1, 0.15) is 0 Å². The Morgan fingerprint density at radius 1 is 0.930 bits per heavy atom. The molecule has 5 rings (SSSR count). The number of rotatable bonds is 8. The Bertz CT molecular complexity index is 1480. The second kappa shape index (κ2) is 11.8. The highest BCUT2D eigenvalue weighted by molar-refractivity contribution is 6.33. The molecular formula is C35H41ClN2O5. The number of hydrogen-bond donors (Lipinski definition) is 1. The zero-order valence-corrected chi connectivity index (χ0v) is 26.7. The summed E-state index contributed by atoms with van der Waals surface area (Å²) in [4.78, 5) is 42.8. The number of benzene rings is 2. The Balaban J connectivity index is 1.53. The molecule has 0 unspecified atom stereocenters. The minimum absolute atomic E-state index is 0.0945. The van der Waals surface area contributed by atoms with Gasteiger partial charge >= 0.3 is 0 Å². The Kier molecular flexibility index (Phi) is 8.50. The maximum atomic E-state index is 13.9. The summed E-state index contributed by atoms with van der Waals surface area (Å²) in [5, 5.41) is 3.19. The Hall–Kier alpha value is -3.58. The van der Waals surface area contributed by atoms with Crippen molar-refractivity contribution >= 4 is 34.8 Å². The van der Waals surface area contributed by atoms with Gasteiger partial charge in [0.05, 0.1) is 17.8 Å². The highest BCUT2D eigenvalue weighted by Crippen LogP contribution is 2.55. The van der Waals surface area contributed by atoms with Crippen LogP contribution >= 0.6 is 11.6 Å². The average molecular weight is 605 g/mol. The van der Waals surface area contributed by atoms with E-state index < -0.39 is 5.92 Å². The standard InChI is InChI=1S/C35H41ClN2O5/c1-7-14-38-24-16-34(2,3)18-26(39)32(24)31(33-25(38)17-35(4,5)19-27(33)40)21-12-13-28(29(15-21)42-6)43-20-30(41)37-23-11-9-8-10-22(23)36/h8-13,15,31H,7,14,16-20H2,1-6H3,(H,37,41). The van der Waals surface area contributed by atoms with Gasteiger partial charge in [-0.05, 0) is 59.9 Å². The van der Waals surface area contributed by atoms with Crippen LogP contribution in [0.15, 0.2) is 65.0 Å². The molecule has 1 amide bonds. The van der Waals surface area contributed by atoms with Gasteiger partial charge in [-0.2, -0.15) is 0 Å². The molecule has 2 aliphatic carbocycles. The Morgan fingerprint density at radius 3 is 2.09 bits per heavy atom. The van der Waals surface area contributed by atoms with Crippen LogP contribution in [-0.4, -0.2) is 42.6 Å². The number of carbonyl (C=O) groups is 3. The molecule has 1 heterocycles. The lowest BCUT2D eigenvalue weighted by molar-refractivity contribution is -0.120. The fourth-order valence-electron chi connectivity index (χ4n) is 6.75. The SMILES string of the molecule is CCCN1C2=C(C(=O)CC(C)(C)C2)C(c2ccc(OCC(=O)Nc3ccccc3Cl)c(OC)c2)C2=C1CC(C)(C)CC2=O. The van der Waals surface area contributed by atoms with E-state index in [9.17, 15) is 14.4 Å². The summed E-state index contributed by atoms with van der Waals surface area (Å²) in [5.74, 6) is 0.166. The fraction of sp³-hybridized carbons (Fsp3) is 0.457. The molecule has 1 aliphatic heterocycles. The molecule has 8 heteroatoms. The van der Waals surface area contributed by atoms with Crippen LogP contribution < -0.4 is 14.8 Å². The number of carbonyl (C=O) groups excluding carboxylic acids is 3. The lowest BCUT2D eigenvalue weighted by atomic mass is 9.63. The highest BCUT2D eigenvalue weighted by atomic mass is 35.5. The molecule has 0 saturated heterocycles. The van der Waals surface area contributed by atoms with Crippen molar-refractivity contribution in [2.24, 2.45) is 10.8 Å². The Morgan fingerprint density at radius 2 is 1.53 bits per heavy atom. The minimum atomic E-state index is -0.475. The summed E-state index contributed by atoms with van der Waals surface area (Å²) in [7, 11) is 1.54. The van der Waals surface area contributed by atoms with Crippen LogP contribution in [0, 0.1) is 10.8 Å². The maximum Gasteiger partial charge on any atom is 0.262 e. The number of para-hydroxylation sites is 1. The van der Waals surface area contributed by atoms with Crippen molar-refractivity contribution in [1.29, 1.82) is 0 Å². The molecule has 2 aromatic carbocycles. The first-order valence-corrected chi connectivity index (χ1v) is 15.4. The van der Waals surface area contributed by atoms with Gasteiger partial charge in [0.2, 0.25) is 0 Å². The smallest absolute Gasteiger partial charge is 0.262 e. The summed E-state index contributed by atoms with van der Waals surface area (Å²) < 4.78 is 11.6. The van der Waals surface area contributed by atoms with E-state index >= 15 is 0 Å². The van der Waals surface area contributed by atoms with Crippen molar-refractivity contribution in [2.75, 3.05) is 25.6 Å². The summed E-state index contributed by atoms with van der Waals surface area (Å²) in [6.45, 7) is 11.2. The van der Waals surface area contributed by atoms with E-state index in [0.29, 0.717) is 35.1 Å². The average Bonchev–Trinajstić information content (AvgIpc) is 2.92. The van der Waals surface area contributed by atoms with Gasteiger partial charge in [-0.15, -0.1) is 0 Å². The third-order valence-electron chi connectivity index (χ3n) is 8.50. The molecule has 2 aromatic rings. The maximum absolute atomic E-state index is 13.9. The molecular weight excluding hydrogens is 564 g/mol. The van der Waals surface area contributed by atoms with Crippen molar-refractivity contribution < 1.29 is 23.9 Å². The number of ketones is 2. The van der Waals surface area contributed by atoms with Crippen molar-refractivity contribution in [1.82, 2.24) is 4.90 Å². The summed E-state index contributed by atoms with van der Waals surface area (Å²) in [5.41, 5.74) is 4.53. The predicted octanol–water partition coefficient (Wildman–Crippen LogP) is 7.46. The largest absolute Gasteiger partial charge is 0.493 e. The first-order chi connectivity index (χ1) is 20.3. The number of hydrogen-bond acceptors (Lipinski definition) is 6. The van der Waals surface area contributed by atoms with Gasteiger partial charge in [0.15, 0.2) is 29.7 Å². The van der Waals surface area contributed by atoms with E-state index in [4.69, 9.17) is 21.1 Å². The van der Waals surface area contributed by atoms with Crippen LogP contribution in [0.2, 0.25) is 5.02 Å². The summed E-state index contributed by atoms with van der Waals surface area (Å²) in [6, 6.07) is 12.5. The van der Waals surface area contributed by atoms with Crippen molar-refractivity contribution in [2.45, 2.75) is 72.6 Å². The quantitative estimate of drug-likeness (QED) is 0.337. The highest BCUT2D eigenvalue weighted by Gasteiger charge is 2.48. The fourth-order valence-corrected chi connectivity index (χ4v) is 6.93. The third-order valence-corrected chi connectivity index (χ3v) is 8.83. The minimum Gasteiger partial charge on any atom is -0.493 e. The third kappa shape index (κ3) is 6.23. The summed E-state index contributed by atoms with van der Waals surface area (Å²) in [6.07, 6.45) is 3.32. The van der Waals surface area contributed by atoms with Gasteiger partial charge in [-0.1, -0.05) is 64.4 Å². The molecule has 0 spiro atoms. The van der Waals surface area contributed by atoms with Gasteiger partial charge in [-0.25, -0.2) is 0 Å². The number of nitrogens with zero attached hydrogens (tertiary/aromatic N) is 1. The van der Waals surface area contributed by atoms with Crippen LogP contribution in [0.25, 0.3) is 0 Å². The topological polar surface area (TPSA) is 84.9 Å². The van der Waals surface area contributed by atoms with Crippen LogP contribution in [0.3, 0.4) is 0 Å². The van der Waals surface area contributed by atoms with Crippen LogP contribution in [0.5, 0.6) is 11.5 Å². The number of allylic oxidation sites excluding steroid dienone is 4.